The summed E-state index contributed by atoms with van der Waals surface area (Å²) in [6.45, 7) is 7.20. The third kappa shape index (κ3) is 3.99. The molecule has 6 nitrogen and oxygen atoms in total. The van der Waals surface area contributed by atoms with Crippen LogP contribution in [0.5, 0.6) is 0 Å². The van der Waals surface area contributed by atoms with Crippen molar-refractivity contribution in [2.75, 3.05) is 18.4 Å². The largest absolute Gasteiger partial charge is 0.444 e. The molecular formula is C24H29N3O3. The van der Waals surface area contributed by atoms with E-state index in [1.807, 2.05) is 80.3 Å². The molecule has 0 unspecified atom stereocenters. The molecule has 2 amide bonds. The van der Waals surface area contributed by atoms with E-state index in [1.165, 1.54) is 0 Å². The first-order valence-corrected chi connectivity index (χ1v) is 10.5. The van der Waals surface area contributed by atoms with Gasteiger partial charge in [0.25, 0.3) is 5.91 Å². The average molecular weight is 408 g/mol. The third-order valence-corrected chi connectivity index (χ3v) is 5.71. The minimum absolute atomic E-state index is 0.0268. The van der Waals surface area contributed by atoms with Gasteiger partial charge in [0.15, 0.2) is 0 Å². The van der Waals surface area contributed by atoms with E-state index in [-0.39, 0.29) is 12.0 Å². The lowest BCUT2D eigenvalue weighted by molar-refractivity contribution is -0.000177. The number of ether oxygens (including phenoxy) is 1. The number of fused-ring (bicyclic) bond motifs is 1. The van der Waals surface area contributed by atoms with Crippen LogP contribution in [0, 0.1) is 0 Å². The second kappa shape index (κ2) is 7.67. The van der Waals surface area contributed by atoms with Crippen LogP contribution < -0.4 is 5.32 Å². The smallest absolute Gasteiger partial charge is 0.410 e. The van der Waals surface area contributed by atoms with E-state index in [2.05, 4.69) is 5.32 Å². The average Bonchev–Trinajstić information content (AvgIpc) is 2.71. The van der Waals surface area contributed by atoms with Gasteiger partial charge in [0.2, 0.25) is 0 Å². The number of hydrogen-bond acceptors (Lipinski definition) is 4. The molecule has 0 aromatic heterocycles. The molecule has 2 aromatic rings. The van der Waals surface area contributed by atoms with E-state index in [1.54, 1.807) is 4.90 Å². The summed E-state index contributed by atoms with van der Waals surface area (Å²) in [5.74, 6) is 0.0268. The van der Waals surface area contributed by atoms with Crippen molar-refractivity contribution < 1.29 is 14.3 Å². The molecule has 2 aliphatic heterocycles. The normalized spacial score (nSPS) is 18.0. The SMILES string of the molecule is CC(C)(C)OC(=O)N1CCC2(CC1)Nc1ccccc1C(=O)N2Cc1ccccc1. The van der Waals surface area contributed by atoms with Crippen molar-refractivity contribution in [2.24, 2.45) is 0 Å². The lowest BCUT2D eigenvalue weighted by Crippen LogP contribution is -2.64. The van der Waals surface area contributed by atoms with Crippen LogP contribution in [-0.2, 0) is 11.3 Å². The number of anilines is 1. The maximum atomic E-state index is 13.5. The number of carbonyl (C=O) groups excluding carboxylic acids is 2. The number of amides is 2. The summed E-state index contributed by atoms with van der Waals surface area (Å²) in [7, 11) is 0. The van der Waals surface area contributed by atoms with E-state index < -0.39 is 11.3 Å². The molecule has 2 aliphatic rings. The lowest BCUT2D eigenvalue weighted by Gasteiger charge is -2.52. The van der Waals surface area contributed by atoms with Gasteiger partial charge in [0.1, 0.15) is 11.3 Å². The zero-order valence-corrected chi connectivity index (χ0v) is 17.9. The maximum absolute atomic E-state index is 13.5. The zero-order chi connectivity index (χ0) is 21.4. The topological polar surface area (TPSA) is 61.9 Å². The van der Waals surface area contributed by atoms with Crippen LogP contribution in [0.3, 0.4) is 0 Å². The number of nitrogens with one attached hydrogen (secondary N) is 1. The predicted octanol–water partition coefficient (Wildman–Crippen LogP) is 4.48. The molecule has 1 spiro atoms. The van der Waals surface area contributed by atoms with Crippen molar-refractivity contribution >= 4 is 17.7 Å². The fourth-order valence-electron chi connectivity index (χ4n) is 4.21. The highest BCUT2D eigenvalue weighted by Gasteiger charge is 2.47. The maximum Gasteiger partial charge on any atom is 0.410 e. The molecular weight excluding hydrogens is 378 g/mol. The van der Waals surface area contributed by atoms with Gasteiger partial charge >= 0.3 is 6.09 Å². The van der Waals surface area contributed by atoms with Crippen molar-refractivity contribution in [1.29, 1.82) is 0 Å². The molecule has 0 radical (unpaired) electrons. The number of rotatable bonds is 2. The minimum Gasteiger partial charge on any atom is -0.444 e. The van der Waals surface area contributed by atoms with Crippen LogP contribution in [0.2, 0.25) is 0 Å². The van der Waals surface area contributed by atoms with Crippen LogP contribution in [0.1, 0.15) is 49.5 Å². The van der Waals surface area contributed by atoms with Gasteiger partial charge in [-0.2, -0.15) is 0 Å². The van der Waals surface area contributed by atoms with E-state index in [0.29, 0.717) is 38.0 Å². The van der Waals surface area contributed by atoms with Crippen LogP contribution >= 0.6 is 0 Å². The Kier molecular flexibility index (Phi) is 5.18. The molecule has 2 heterocycles. The Balaban J connectivity index is 1.60. The number of likely N-dealkylation sites (tertiary alicyclic amines) is 1. The van der Waals surface area contributed by atoms with Gasteiger partial charge in [-0.1, -0.05) is 42.5 Å². The molecule has 1 N–H and O–H groups in total. The Bertz CT molecular complexity index is 928. The highest BCUT2D eigenvalue weighted by molar-refractivity contribution is 6.02. The second-order valence-corrected chi connectivity index (χ2v) is 9.05. The summed E-state index contributed by atoms with van der Waals surface area (Å²) >= 11 is 0. The number of carbonyl (C=O) groups is 2. The molecule has 0 aliphatic carbocycles. The summed E-state index contributed by atoms with van der Waals surface area (Å²) < 4.78 is 5.54. The van der Waals surface area contributed by atoms with Crippen molar-refractivity contribution in [1.82, 2.24) is 9.80 Å². The van der Waals surface area contributed by atoms with Crippen LogP contribution in [0.15, 0.2) is 54.6 Å². The van der Waals surface area contributed by atoms with Crippen molar-refractivity contribution in [3.05, 3.63) is 65.7 Å². The minimum atomic E-state index is -0.528. The Morgan fingerprint density at radius 2 is 1.67 bits per heavy atom. The third-order valence-electron chi connectivity index (χ3n) is 5.71. The highest BCUT2D eigenvalue weighted by atomic mass is 16.6. The molecule has 4 rings (SSSR count). The monoisotopic (exact) mass is 407 g/mol. The summed E-state index contributed by atoms with van der Waals surface area (Å²) in [4.78, 5) is 29.7. The first-order chi connectivity index (χ1) is 14.3. The van der Waals surface area contributed by atoms with E-state index in [4.69, 9.17) is 4.74 Å². The number of piperidine rings is 1. The van der Waals surface area contributed by atoms with Crippen molar-refractivity contribution in [3.63, 3.8) is 0 Å². The number of hydrogen-bond donors (Lipinski definition) is 1. The summed E-state index contributed by atoms with van der Waals surface area (Å²) in [5, 5.41) is 3.65. The number of nitrogens with zero attached hydrogens (tertiary/aromatic N) is 2. The summed E-state index contributed by atoms with van der Waals surface area (Å²) in [5.41, 5.74) is 1.58. The van der Waals surface area contributed by atoms with Crippen molar-refractivity contribution in [2.45, 2.75) is 51.4 Å². The molecule has 2 aromatic carbocycles. The first kappa shape index (κ1) is 20.3. The second-order valence-electron chi connectivity index (χ2n) is 9.05. The Morgan fingerprint density at radius 1 is 1.03 bits per heavy atom. The number of para-hydroxylation sites is 1. The molecule has 1 fully saturated rings. The van der Waals surface area contributed by atoms with Gasteiger partial charge in [-0.05, 0) is 38.5 Å². The molecule has 0 bridgehead atoms. The predicted molar refractivity (Wildman–Crippen MR) is 116 cm³/mol. The first-order valence-electron chi connectivity index (χ1n) is 10.5. The van der Waals surface area contributed by atoms with E-state index >= 15 is 0 Å². The van der Waals surface area contributed by atoms with Crippen LogP contribution in [0.25, 0.3) is 0 Å². The van der Waals surface area contributed by atoms with Gasteiger partial charge in [0, 0.05) is 38.2 Å². The molecule has 6 heteroatoms. The van der Waals surface area contributed by atoms with Gasteiger partial charge in [-0.3, -0.25) is 4.79 Å². The van der Waals surface area contributed by atoms with Gasteiger partial charge in [0.05, 0.1) is 5.56 Å². The molecule has 0 saturated carbocycles. The fourth-order valence-corrected chi connectivity index (χ4v) is 4.21. The molecule has 1 saturated heterocycles. The molecule has 158 valence electrons. The molecule has 30 heavy (non-hydrogen) atoms. The lowest BCUT2D eigenvalue weighted by atomic mass is 9.89. The summed E-state index contributed by atoms with van der Waals surface area (Å²) in [6, 6.07) is 17.7. The quantitative estimate of drug-likeness (QED) is 0.797. The van der Waals surface area contributed by atoms with Gasteiger partial charge in [-0.15, -0.1) is 0 Å². The van der Waals surface area contributed by atoms with Crippen molar-refractivity contribution in [3.8, 4) is 0 Å². The Hall–Kier alpha value is -3.02. The van der Waals surface area contributed by atoms with E-state index in [0.717, 1.165) is 11.3 Å². The van der Waals surface area contributed by atoms with E-state index in [9.17, 15) is 9.59 Å². The molecule has 0 atom stereocenters. The van der Waals surface area contributed by atoms with Crippen LogP contribution in [-0.4, -0.2) is 46.2 Å². The highest BCUT2D eigenvalue weighted by Crippen LogP contribution is 2.39. The van der Waals surface area contributed by atoms with Crippen LogP contribution in [0.4, 0.5) is 10.5 Å². The number of benzene rings is 2. The summed E-state index contributed by atoms with van der Waals surface area (Å²) in [6.07, 6.45) is 0.979. The van der Waals surface area contributed by atoms with Gasteiger partial charge < -0.3 is 19.9 Å². The fraction of sp³-hybridized carbons (Fsp3) is 0.417. The van der Waals surface area contributed by atoms with Gasteiger partial charge in [-0.25, -0.2) is 4.79 Å². The Labute approximate surface area is 177 Å². The standard InChI is InChI=1S/C24H29N3O3/c1-23(2,3)30-22(29)26-15-13-24(14-16-26)25-20-12-8-7-11-19(20)21(28)27(24)17-18-9-5-4-6-10-18/h4-12,25H,13-17H2,1-3H3. The zero-order valence-electron chi connectivity index (χ0n) is 17.9. The Morgan fingerprint density at radius 3 is 2.33 bits per heavy atom.